The molecular weight excluding hydrogens is 264 g/mol. The highest BCUT2D eigenvalue weighted by Gasteiger charge is 2.36. The van der Waals surface area contributed by atoms with Crippen LogP contribution in [0.3, 0.4) is 0 Å². The van der Waals surface area contributed by atoms with Crippen molar-refractivity contribution >= 4 is 6.03 Å². The number of aryl methyl sites for hydroxylation is 1. The van der Waals surface area contributed by atoms with Crippen molar-refractivity contribution < 1.29 is 4.79 Å². The lowest BCUT2D eigenvalue weighted by atomic mass is 9.99. The zero-order chi connectivity index (χ0) is 15.2. The van der Waals surface area contributed by atoms with Gasteiger partial charge in [0, 0.05) is 37.1 Å². The van der Waals surface area contributed by atoms with E-state index in [9.17, 15) is 4.79 Å². The zero-order valence-electron chi connectivity index (χ0n) is 13.5. The summed E-state index contributed by atoms with van der Waals surface area (Å²) < 4.78 is 2.36. The predicted molar refractivity (Wildman–Crippen MR) is 82.3 cm³/mol. The molecule has 2 fully saturated rings. The predicted octanol–water partition coefficient (Wildman–Crippen LogP) is 2.51. The molecule has 116 valence electrons. The third-order valence-corrected chi connectivity index (χ3v) is 4.24. The monoisotopic (exact) mass is 290 g/mol. The third kappa shape index (κ3) is 3.22. The molecule has 1 aromatic rings. The summed E-state index contributed by atoms with van der Waals surface area (Å²) in [7, 11) is 0. The van der Waals surface area contributed by atoms with Crippen LogP contribution in [0.1, 0.15) is 51.0 Å². The number of nitrogens with one attached hydrogen (secondary N) is 1. The van der Waals surface area contributed by atoms with Gasteiger partial charge in [0.15, 0.2) is 0 Å². The maximum atomic E-state index is 12.1. The molecule has 1 saturated carbocycles. The molecule has 2 heterocycles. The van der Waals surface area contributed by atoms with Gasteiger partial charge in [-0.2, -0.15) is 0 Å². The number of hydrogen-bond donors (Lipinski definition) is 1. The van der Waals surface area contributed by atoms with Crippen molar-refractivity contribution in [3.8, 4) is 0 Å². The molecular formula is C16H26N4O. The van der Waals surface area contributed by atoms with Crippen molar-refractivity contribution in [1.29, 1.82) is 0 Å². The van der Waals surface area contributed by atoms with Gasteiger partial charge in [-0.25, -0.2) is 9.78 Å². The summed E-state index contributed by atoms with van der Waals surface area (Å²) in [5.74, 6) is 2.40. The smallest absolute Gasteiger partial charge is 0.317 e. The van der Waals surface area contributed by atoms with Gasteiger partial charge in [-0.1, -0.05) is 0 Å². The van der Waals surface area contributed by atoms with Crippen LogP contribution < -0.4 is 5.32 Å². The van der Waals surface area contributed by atoms with Crippen LogP contribution in [-0.2, 0) is 6.54 Å². The minimum atomic E-state index is -0.177. The molecule has 1 N–H and O–H groups in total. The lowest BCUT2D eigenvalue weighted by Crippen LogP contribution is -2.56. The zero-order valence-corrected chi connectivity index (χ0v) is 13.5. The second-order valence-electron chi connectivity index (χ2n) is 7.59. The van der Waals surface area contributed by atoms with E-state index < -0.39 is 0 Å². The van der Waals surface area contributed by atoms with E-state index in [2.05, 4.69) is 21.8 Å². The van der Waals surface area contributed by atoms with Crippen LogP contribution in [0.25, 0.3) is 0 Å². The molecule has 0 unspecified atom stereocenters. The van der Waals surface area contributed by atoms with Crippen LogP contribution in [0.2, 0.25) is 0 Å². The van der Waals surface area contributed by atoms with E-state index >= 15 is 0 Å². The fourth-order valence-corrected chi connectivity index (χ4v) is 2.81. The van der Waals surface area contributed by atoms with Gasteiger partial charge < -0.3 is 14.8 Å². The number of imidazole rings is 1. The molecule has 1 saturated heterocycles. The molecule has 0 atom stereocenters. The average molecular weight is 290 g/mol. The van der Waals surface area contributed by atoms with Crippen molar-refractivity contribution in [3.05, 3.63) is 17.7 Å². The lowest BCUT2D eigenvalue weighted by molar-refractivity contribution is 0.140. The number of rotatable bonds is 3. The first-order chi connectivity index (χ1) is 9.83. The molecule has 1 aliphatic carbocycles. The summed E-state index contributed by atoms with van der Waals surface area (Å²) in [5.41, 5.74) is 1.07. The van der Waals surface area contributed by atoms with E-state index in [1.165, 1.54) is 24.4 Å². The molecule has 1 aromatic heterocycles. The fraction of sp³-hybridized carbons (Fsp3) is 0.750. The van der Waals surface area contributed by atoms with Crippen molar-refractivity contribution in [2.45, 2.75) is 58.5 Å². The SMILES string of the molecule is Cc1cnc(C2CN(C(=O)NC(C)(C)C)C2)n1CC1CC1. The van der Waals surface area contributed by atoms with Gasteiger partial charge in [0.1, 0.15) is 5.82 Å². The van der Waals surface area contributed by atoms with Gasteiger partial charge in [-0.05, 0) is 46.5 Å². The summed E-state index contributed by atoms with van der Waals surface area (Å²) >= 11 is 0. The van der Waals surface area contributed by atoms with Crippen LogP contribution in [0, 0.1) is 12.8 Å². The molecule has 0 aromatic carbocycles. The standard InChI is InChI=1S/C16H26N4O/c1-11-7-17-14(20(11)8-12-5-6-12)13-9-19(10-13)15(21)18-16(2,3)4/h7,12-13H,5-6,8-10H2,1-4H3,(H,18,21). The summed E-state index contributed by atoms with van der Waals surface area (Å²) in [6.45, 7) is 10.8. The Hall–Kier alpha value is -1.52. The van der Waals surface area contributed by atoms with E-state index in [0.717, 1.165) is 25.6 Å². The van der Waals surface area contributed by atoms with E-state index in [1.54, 1.807) is 0 Å². The normalized spacial score (nSPS) is 19.5. The van der Waals surface area contributed by atoms with Crippen molar-refractivity contribution in [2.24, 2.45) is 5.92 Å². The minimum absolute atomic E-state index is 0.0378. The molecule has 0 radical (unpaired) electrons. The number of carbonyl (C=O) groups is 1. The van der Waals surface area contributed by atoms with Crippen molar-refractivity contribution in [1.82, 2.24) is 19.8 Å². The van der Waals surface area contributed by atoms with Gasteiger partial charge in [0.2, 0.25) is 0 Å². The number of likely N-dealkylation sites (tertiary alicyclic amines) is 1. The molecule has 2 amide bonds. The first-order valence-electron chi connectivity index (χ1n) is 7.92. The van der Waals surface area contributed by atoms with Crippen LogP contribution >= 0.6 is 0 Å². The van der Waals surface area contributed by atoms with E-state index in [-0.39, 0.29) is 11.6 Å². The third-order valence-electron chi connectivity index (χ3n) is 4.24. The Morgan fingerprint density at radius 2 is 2.05 bits per heavy atom. The maximum absolute atomic E-state index is 12.1. The van der Waals surface area contributed by atoms with Gasteiger partial charge in [-0.15, -0.1) is 0 Å². The summed E-state index contributed by atoms with van der Waals surface area (Å²) in [6.07, 6.45) is 4.67. The second-order valence-corrected chi connectivity index (χ2v) is 7.59. The second kappa shape index (κ2) is 5.04. The Morgan fingerprint density at radius 3 is 2.62 bits per heavy atom. The Labute approximate surface area is 126 Å². The number of nitrogens with zero attached hydrogens (tertiary/aromatic N) is 3. The topological polar surface area (TPSA) is 50.2 Å². The lowest BCUT2D eigenvalue weighted by Gasteiger charge is -2.40. The molecule has 3 rings (SSSR count). The number of carbonyl (C=O) groups excluding carboxylic acids is 1. The average Bonchev–Trinajstić information content (AvgIpc) is 3.03. The van der Waals surface area contributed by atoms with E-state index in [0.29, 0.717) is 5.92 Å². The Bertz CT molecular complexity index is 533. The van der Waals surface area contributed by atoms with Gasteiger partial charge in [0.05, 0.1) is 5.92 Å². The van der Waals surface area contributed by atoms with Crippen LogP contribution in [0.15, 0.2) is 6.20 Å². The Morgan fingerprint density at radius 1 is 1.38 bits per heavy atom. The van der Waals surface area contributed by atoms with Crippen molar-refractivity contribution in [3.63, 3.8) is 0 Å². The molecule has 1 aliphatic heterocycles. The van der Waals surface area contributed by atoms with Crippen LogP contribution in [0.4, 0.5) is 4.79 Å². The number of aromatic nitrogens is 2. The molecule has 5 nitrogen and oxygen atoms in total. The van der Waals surface area contributed by atoms with Gasteiger partial charge >= 0.3 is 6.03 Å². The molecule has 0 spiro atoms. The summed E-state index contributed by atoms with van der Waals surface area (Å²) in [6, 6.07) is 0.0378. The highest BCUT2D eigenvalue weighted by Crippen LogP contribution is 2.34. The number of urea groups is 1. The fourth-order valence-electron chi connectivity index (χ4n) is 2.81. The van der Waals surface area contributed by atoms with Gasteiger partial charge in [-0.3, -0.25) is 0 Å². The van der Waals surface area contributed by atoms with Crippen LogP contribution in [0.5, 0.6) is 0 Å². The molecule has 2 aliphatic rings. The van der Waals surface area contributed by atoms with Gasteiger partial charge in [0.25, 0.3) is 0 Å². The maximum Gasteiger partial charge on any atom is 0.317 e. The minimum Gasteiger partial charge on any atom is -0.333 e. The first-order valence-corrected chi connectivity index (χ1v) is 7.92. The quantitative estimate of drug-likeness (QED) is 0.930. The van der Waals surface area contributed by atoms with Crippen LogP contribution in [-0.4, -0.2) is 39.1 Å². The van der Waals surface area contributed by atoms with E-state index in [1.807, 2.05) is 31.9 Å². The first kappa shape index (κ1) is 14.4. The van der Waals surface area contributed by atoms with E-state index in [4.69, 9.17) is 0 Å². The summed E-state index contributed by atoms with van der Waals surface area (Å²) in [5, 5.41) is 3.01. The summed E-state index contributed by atoms with van der Waals surface area (Å²) in [4.78, 5) is 18.6. The number of amides is 2. The number of hydrogen-bond acceptors (Lipinski definition) is 2. The highest BCUT2D eigenvalue weighted by atomic mass is 16.2. The van der Waals surface area contributed by atoms with Crippen molar-refractivity contribution in [2.75, 3.05) is 13.1 Å². The highest BCUT2D eigenvalue weighted by molar-refractivity contribution is 5.76. The Balaban J connectivity index is 1.60. The molecule has 0 bridgehead atoms. The molecule has 5 heteroatoms. The Kier molecular flexibility index (Phi) is 3.46. The largest absolute Gasteiger partial charge is 0.333 e. The molecule has 21 heavy (non-hydrogen) atoms.